The van der Waals surface area contributed by atoms with Crippen LogP contribution in [0.15, 0.2) is 22.7 Å². The zero-order chi connectivity index (χ0) is 13.9. The highest BCUT2D eigenvalue weighted by Crippen LogP contribution is 2.25. The number of halogens is 1. The van der Waals surface area contributed by atoms with Gasteiger partial charge in [0.25, 0.3) is 0 Å². The third-order valence-corrected chi connectivity index (χ3v) is 5.45. The summed E-state index contributed by atoms with van der Waals surface area (Å²) in [4.78, 5) is 0. The van der Waals surface area contributed by atoms with E-state index in [9.17, 15) is 8.42 Å². The lowest BCUT2D eigenvalue weighted by atomic mass is 10.2. The zero-order valence-corrected chi connectivity index (χ0v) is 13.4. The number of anilines is 1. The second-order valence-corrected chi connectivity index (χ2v) is 7.43. The molecule has 0 aliphatic carbocycles. The van der Waals surface area contributed by atoms with Crippen LogP contribution < -0.4 is 4.72 Å². The SMILES string of the molecule is Cc1ccc(NS(=O)(=O)N2CCCCCC2)c(Br)c1. The molecule has 0 amide bonds. The van der Waals surface area contributed by atoms with Crippen molar-refractivity contribution in [3.63, 3.8) is 0 Å². The fraction of sp³-hybridized carbons (Fsp3) is 0.538. The number of hydrogen-bond acceptors (Lipinski definition) is 2. The molecule has 106 valence electrons. The van der Waals surface area contributed by atoms with Crippen molar-refractivity contribution in [1.82, 2.24) is 4.31 Å². The van der Waals surface area contributed by atoms with Crippen LogP contribution in [-0.2, 0) is 10.2 Å². The van der Waals surface area contributed by atoms with Crippen LogP contribution in [0.4, 0.5) is 5.69 Å². The molecule has 1 aliphatic rings. The summed E-state index contributed by atoms with van der Waals surface area (Å²) in [5.74, 6) is 0. The Hall–Kier alpha value is -0.590. The van der Waals surface area contributed by atoms with Gasteiger partial charge < -0.3 is 0 Å². The van der Waals surface area contributed by atoms with Crippen LogP contribution in [0, 0.1) is 6.92 Å². The highest BCUT2D eigenvalue weighted by Gasteiger charge is 2.23. The lowest BCUT2D eigenvalue weighted by molar-refractivity contribution is 0.427. The fourth-order valence-corrected chi connectivity index (χ4v) is 4.24. The molecule has 0 aromatic heterocycles. The van der Waals surface area contributed by atoms with Crippen molar-refractivity contribution in [3.8, 4) is 0 Å². The maximum absolute atomic E-state index is 12.3. The molecule has 1 aliphatic heterocycles. The summed E-state index contributed by atoms with van der Waals surface area (Å²) in [5.41, 5.74) is 1.68. The lowest BCUT2D eigenvalue weighted by Gasteiger charge is -2.21. The van der Waals surface area contributed by atoms with E-state index in [2.05, 4.69) is 20.7 Å². The Balaban J connectivity index is 2.15. The smallest absolute Gasteiger partial charge is 0.270 e. The van der Waals surface area contributed by atoms with Gasteiger partial charge in [0.05, 0.1) is 5.69 Å². The molecule has 0 atom stereocenters. The Morgan fingerprint density at radius 2 is 1.79 bits per heavy atom. The number of nitrogens with zero attached hydrogens (tertiary/aromatic N) is 1. The third kappa shape index (κ3) is 3.94. The number of benzene rings is 1. The van der Waals surface area contributed by atoms with Gasteiger partial charge in [-0.3, -0.25) is 4.72 Å². The van der Waals surface area contributed by atoms with Crippen LogP contribution in [0.3, 0.4) is 0 Å². The van der Waals surface area contributed by atoms with Gasteiger partial charge in [0.2, 0.25) is 0 Å². The van der Waals surface area contributed by atoms with Gasteiger partial charge in [-0.15, -0.1) is 0 Å². The van der Waals surface area contributed by atoms with E-state index in [1.54, 1.807) is 10.4 Å². The van der Waals surface area contributed by atoms with Crippen LogP contribution in [0.25, 0.3) is 0 Å². The second kappa shape index (κ2) is 6.24. The largest absolute Gasteiger partial charge is 0.301 e. The Bertz CT molecular complexity index is 538. The van der Waals surface area contributed by atoms with Crippen molar-refractivity contribution in [2.24, 2.45) is 0 Å². The molecule has 0 unspecified atom stereocenters. The maximum Gasteiger partial charge on any atom is 0.301 e. The van der Waals surface area contributed by atoms with Crippen LogP contribution in [0.2, 0.25) is 0 Å². The maximum atomic E-state index is 12.3. The number of hydrogen-bond donors (Lipinski definition) is 1. The zero-order valence-electron chi connectivity index (χ0n) is 11.0. The van der Waals surface area contributed by atoms with E-state index in [1.165, 1.54) is 0 Å². The molecule has 1 heterocycles. The van der Waals surface area contributed by atoms with Crippen molar-refractivity contribution in [2.75, 3.05) is 17.8 Å². The molecular formula is C13H19BrN2O2S. The van der Waals surface area contributed by atoms with Gasteiger partial charge in [0, 0.05) is 17.6 Å². The van der Waals surface area contributed by atoms with Crippen LogP contribution in [-0.4, -0.2) is 25.8 Å². The van der Waals surface area contributed by atoms with Crippen molar-refractivity contribution >= 4 is 31.8 Å². The topological polar surface area (TPSA) is 49.4 Å². The molecule has 1 aromatic rings. The molecule has 1 fully saturated rings. The van der Waals surface area contributed by atoms with Crippen LogP contribution >= 0.6 is 15.9 Å². The van der Waals surface area contributed by atoms with E-state index in [4.69, 9.17) is 0 Å². The summed E-state index contributed by atoms with van der Waals surface area (Å²) in [7, 11) is -3.44. The van der Waals surface area contributed by atoms with Gasteiger partial charge in [0.1, 0.15) is 0 Å². The first kappa shape index (κ1) is 14.8. The molecule has 0 saturated carbocycles. The fourth-order valence-electron chi connectivity index (χ4n) is 2.19. The third-order valence-electron chi connectivity index (χ3n) is 3.27. The predicted molar refractivity (Wildman–Crippen MR) is 81.5 cm³/mol. The van der Waals surface area contributed by atoms with Gasteiger partial charge in [-0.25, -0.2) is 0 Å². The normalized spacial score (nSPS) is 18.0. The predicted octanol–water partition coefficient (Wildman–Crippen LogP) is 3.29. The first-order chi connectivity index (χ1) is 8.99. The minimum absolute atomic E-state index is 0.592. The Morgan fingerprint density at radius 3 is 2.37 bits per heavy atom. The van der Waals surface area contributed by atoms with Gasteiger partial charge in [-0.1, -0.05) is 18.9 Å². The van der Waals surface area contributed by atoms with Gasteiger partial charge in [-0.05, 0) is 53.4 Å². The van der Waals surface area contributed by atoms with E-state index >= 15 is 0 Å². The summed E-state index contributed by atoms with van der Waals surface area (Å²) >= 11 is 3.39. The van der Waals surface area contributed by atoms with E-state index in [1.807, 2.05) is 19.1 Å². The van der Waals surface area contributed by atoms with Crippen molar-refractivity contribution in [3.05, 3.63) is 28.2 Å². The molecule has 19 heavy (non-hydrogen) atoms. The molecular weight excluding hydrogens is 328 g/mol. The van der Waals surface area contributed by atoms with E-state index < -0.39 is 10.2 Å². The number of nitrogens with one attached hydrogen (secondary N) is 1. The highest BCUT2D eigenvalue weighted by atomic mass is 79.9. The first-order valence-electron chi connectivity index (χ1n) is 6.53. The molecule has 2 rings (SSSR count). The molecule has 0 radical (unpaired) electrons. The lowest BCUT2D eigenvalue weighted by Crippen LogP contribution is -2.36. The van der Waals surface area contributed by atoms with E-state index in [0.717, 1.165) is 35.7 Å². The minimum Gasteiger partial charge on any atom is -0.270 e. The monoisotopic (exact) mass is 346 g/mol. The van der Waals surface area contributed by atoms with Gasteiger partial charge >= 0.3 is 10.2 Å². The molecule has 1 aromatic carbocycles. The Labute approximate surface area is 123 Å². The summed E-state index contributed by atoms with van der Waals surface area (Å²) in [6.45, 7) is 3.19. The Morgan fingerprint density at radius 1 is 1.16 bits per heavy atom. The van der Waals surface area contributed by atoms with Crippen molar-refractivity contribution in [1.29, 1.82) is 0 Å². The average molecular weight is 347 g/mol. The minimum atomic E-state index is -3.44. The molecule has 4 nitrogen and oxygen atoms in total. The first-order valence-corrected chi connectivity index (χ1v) is 8.76. The van der Waals surface area contributed by atoms with Crippen molar-refractivity contribution < 1.29 is 8.42 Å². The molecule has 0 bridgehead atoms. The molecule has 1 saturated heterocycles. The van der Waals surface area contributed by atoms with Crippen molar-refractivity contribution in [2.45, 2.75) is 32.6 Å². The summed E-state index contributed by atoms with van der Waals surface area (Å²) < 4.78 is 29.7. The van der Waals surface area contributed by atoms with E-state index in [0.29, 0.717) is 18.8 Å². The average Bonchev–Trinajstić information content (AvgIpc) is 2.62. The van der Waals surface area contributed by atoms with Gasteiger partial charge in [-0.2, -0.15) is 12.7 Å². The second-order valence-electron chi connectivity index (χ2n) is 4.90. The van der Waals surface area contributed by atoms with Crippen LogP contribution in [0.5, 0.6) is 0 Å². The molecule has 6 heteroatoms. The summed E-state index contributed by atoms with van der Waals surface area (Å²) in [6.07, 6.45) is 4.10. The summed E-state index contributed by atoms with van der Waals surface area (Å²) in [6, 6.07) is 5.58. The molecule has 1 N–H and O–H groups in total. The van der Waals surface area contributed by atoms with Crippen LogP contribution in [0.1, 0.15) is 31.2 Å². The van der Waals surface area contributed by atoms with Gasteiger partial charge in [0.15, 0.2) is 0 Å². The Kier molecular flexibility index (Phi) is 4.86. The summed E-state index contributed by atoms with van der Waals surface area (Å²) in [5, 5.41) is 0. The van der Waals surface area contributed by atoms with E-state index in [-0.39, 0.29) is 0 Å². The standard InChI is InChI=1S/C13H19BrN2O2S/c1-11-6-7-13(12(14)10-11)15-19(17,18)16-8-4-2-3-5-9-16/h6-7,10,15H,2-5,8-9H2,1H3. The number of aryl methyl sites for hydroxylation is 1. The number of rotatable bonds is 3. The quantitative estimate of drug-likeness (QED) is 0.912. The molecule has 0 spiro atoms. The highest BCUT2D eigenvalue weighted by molar-refractivity contribution is 9.10.